The van der Waals surface area contributed by atoms with E-state index < -0.39 is 0 Å². The van der Waals surface area contributed by atoms with E-state index in [1.165, 1.54) is 10.1 Å². The van der Waals surface area contributed by atoms with E-state index in [-0.39, 0.29) is 6.04 Å². The molecular weight excluding hydrogens is 360 g/mol. The Morgan fingerprint density at radius 1 is 1.04 bits per heavy atom. The van der Waals surface area contributed by atoms with Crippen LogP contribution in [0.25, 0.3) is 21.0 Å². The molecule has 0 saturated carbocycles. The number of methoxy groups -OCH3 is 2. The first-order chi connectivity index (χ1) is 13.1. The molecule has 27 heavy (non-hydrogen) atoms. The van der Waals surface area contributed by atoms with E-state index in [2.05, 4.69) is 38.6 Å². The van der Waals surface area contributed by atoms with E-state index in [1.54, 1.807) is 25.6 Å². The molecule has 1 atom stereocenters. The second-order valence-corrected chi connectivity index (χ2v) is 7.22. The summed E-state index contributed by atoms with van der Waals surface area (Å²) in [7, 11) is 3.24. The van der Waals surface area contributed by atoms with Gasteiger partial charge in [-0.05, 0) is 31.4 Å². The second kappa shape index (κ2) is 7.00. The monoisotopic (exact) mass is 380 g/mol. The third-order valence-corrected chi connectivity index (χ3v) is 5.40. The minimum Gasteiger partial charge on any atom is -0.493 e. The lowest BCUT2D eigenvalue weighted by atomic mass is 10.1. The standard InChI is InChI=1S/C20H20N4O2S/c1-11(15-9-21-10-19-13(15)5-6-27-19)22-20-14-7-17(25-3)18(26-4)8-16(14)23-12(2)24-20/h5-11H,1-4H3,(H,22,23,24). The Morgan fingerprint density at radius 2 is 1.81 bits per heavy atom. The first-order valence-corrected chi connectivity index (χ1v) is 9.46. The number of fused-ring (bicyclic) bond motifs is 2. The number of nitrogens with one attached hydrogen (secondary N) is 1. The molecule has 1 aromatic carbocycles. The van der Waals surface area contributed by atoms with Crippen LogP contribution in [-0.2, 0) is 0 Å². The number of rotatable bonds is 5. The van der Waals surface area contributed by atoms with Crippen molar-refractivity contribution >= 4 is 38.1 Å². The molecule has 0 aliphatic carbocycles. The molecule has 0 aliphatic heterocycles. The number of ether oxygens (including phenoxy) is 2. The summed E-state index contributed by atoms with van der Waals surface area (Å²) >= 11 is 1.69. The fraction of sp³-hybridized carbons (Fsp3) is 0.250. The van der Waals surface area contributed by atoms with Gasteiger partial charge in [-0.15, -0.1) is 11.3 Å². The van der Waals surface area contributed by atoms with Crippen molar-refractivity contribution in [3.05, 3.63) is 47.4 Å². The van der Waals surface area contributed by atoms with Crippen LogP contribution >= 0.6 is 11.3 Å². The Hall–Kier alpha value is -2.93. The summed E-state index contributed by atoms with van der Waals surface area (Å²) in [5.41, 5.74) is 1.94. The van der Waals surface area contributed by atoms with Crippen LogP contribution < -0.4 is 14.8 Å². The summed E-state index contributed by atoms with van der Waals surface area (Å²) in [4.78, 5) is 13.6. The van der Waals surface area contributed by atoms with Gasteiger partial charge in [0.2, 0.25) is 0 Å². The van der Waals surface area contributed by atoms with Gasteiger partial charge in [-0.3, -0.25) is 4.98 Å². The van der Waals surface area contributed by atoms with Crippen LogP contribution in [0.3, 0.4) is 0 Å². The molecule has 0 fully saturated rings. The number of pyridine rings is 1. The Balaban J connectivity index is 1.80. The fourth-order valence-electron chi connectivity index (χ4n) is 3.22. The first-order valence-electron chi connectivity index (χ1n) is 8.58. The molecule has 3 heterocycles. The minimum absolute atomic E-state index is 0.0291. The van der Waals surface area contributed by atoms with Crippen molar-refractivity contribution in [3.63, 3.8) is 0 Å². The van der Waals surface area contributed by atoms with Crippen LogP contribution in [0, 0.1) is 6.92 Å². The van der Waals surface area contributed by atoms with Gasteiger partial charge < -0.3 is 14.8 Å². The SMILES string of the molecule is COc1cc2nc(C)nc(NC(C)c3cncc4sccc34)c2cc1OC. The van der Waals surface area contributed by atoms with Crippen molar-refractivity contribution in [1.82, 2.24) is 15.0 Å². The van der Waals surface area contributed by atoms with E-state index in [9.17, 15) is 0 Å². The number of thiophene rings is 1. The van der Waals surface area contributed by atoms with Gasteiger partial charge in [0.1, 0.15) is 11.6 Å². The third-order valence-electron chi connectivity index (χ3n) is 4.54. The second-order valence-electron chi connectivity index (χ2n) is 6.27. The van der Waals surface area contributed by atoms with E-state index >= 15 is 0 Å². The summed E-state index contributed by atoms with van der Waals surface area (Å²) in [6, 6.07) is 5.94. The van der Waals surface area contributed by atoms with Crippen molar-refractivity contribution in [2.75, 3.05) is 19.5 Å². The molecule has 6 nitrogen and oxygen atoms in total. The molecule has 7 heteroatoms. The Bertz CT molecular complexity index is 1130. The number of hydrogen-bond donors (Lipinski definition) is 1. The van der Waals surface area contributed by atoms with Crippen LogP contribution in [0.5, 0.6) is 11.5 Å². The Kier molecular flexibility index (Phi) is 4.53. The maximum Gasteiger partial charge on any atom is 0.162 e. The smallest absolute Gasteiger partial charge is 0.162 e. The van der Waals surface area contributed by atoms with Crippen molar-refractivity contribution in [2.45, 2.75) is 19.9 Å². The third kappa shape index (κ3) is 3.14. The van der Waals surface area contributed by atoms with E-state index in [0.717, 1.165) is 22.3 Å². The van der Waals surface area contributed by atoms with Crippen molar-refractivity contribution in [2.24, 2.45) is 0 Å². The zero-order valence-electron chi connectivity index (χ0n) is 15.6. The molecule has 3 aromatic heterocycles. The molecule has 0 saturated heterocycles. The minimum atomic E-state index is 0.0291. The van der Waals surface area contributed by atoms with Crippen LogP contribution in [-0.4, -0.2) is 29.2 Å². The normalized spacial score (nSPS) is 12.3. The molecule has 138 valence electrons. The lowest BCUT2D eigenvalue weighted by molar-refractivity contribution is 0.356. The van der Waals surface area contributed by atoms with Gasteiger partial charge in [0.15, 0.2) is 11.5 Å². The molecule has 1 N–H and O–H groups in total. The van der Waals surface area contributed by atoms with Crippen molar-refractivity contribution < 1.29 is 9.47 Å². The summed E-state index contributed by atoms with van der Waals surface area (Å²) in [5, 5.41) is 7.71. The zero-order chi connectivity index (χ0) is 19.0. The summed E-state index contributed by atoms with van der Waals surface area (Å²) < 4.78 is 12.0. The highest BCUT2D eigenvalue weighted by Crippen LogP contribution is 2.35. The highest BCUT2D eigenvalue weighted by atomic mass is 32.1. The maximum atomic E-state index is 5.45. The molecule has 0 amide bonds. The van der Waals surface area contributed by atoms with Crippen LogP contribution in [0.1, 0.15) is 24.4 Å². The topological polar surface area (TPSA) is 69.2 Å². The molecule has 0 bridgehead atoms. The van der Waals surface area contributed by atoms with Crippen molar-refractivity contribution in [3.8, 4) is 11.5 Å². The number of aryl methyl sites for hydroxylation is 1. The average Bonchev–Trinajstić information content (AvgIpc) is 3.15. The van der Waals surface area contributed by atoms with Gasteiger partial charge >= 0.3 is 0 Å². The Labute approximate surface area is 161 Å². The van der Waals surface area contributed by atoms with E-state index in [4.69, 9.17) is 9.47 Å². The van der Waals surface area contributed by atoms with Gasteiger partial charge in [-0.1, -0.05) is 0 Å². The zero-order valence-corrected chi connectivity index (χ0v) is 16.4. The molecule has 0 radical (unpaired) electrons. The van der Waals surface area contributed by atoms with Gasteiger partial charge in [-0.25, -0.2) is 9.97 Å². The highest BCUT2D eigenvalue weighted by Gasteiger charge is 2.16. The molecule has 0 aliphatic rings. The summed E-state index contributed by atoms with van der Waals surface area (Å²) in [6.45, 7) is 3.99. The van der Waals surface area contributed by atoms with Gasteiger partial charge in [0.25, 0.3) is 0 Å². The molecular formula is C20H20N4O2S. The number of nitrogens with zero attached hydrogens (tertiary/aromatic N) is 3. The molecule has 4 aromatic rings. The largest absolute Gasteiger partial charge is 0.493 e. The highest BCUT2D eigenvalue weighted by molar-refractivity contribution is 7.17. The molecule has 1 unspecified atom stereocenters. The quantitative estimate of drug-likeness (QED) is 0.539. The van der Waals surface area contributed by atoms with Gasteiger partial charge in [-0.2, -0.15) is 0 Å². The Morgan fingerprint density at radius 3 is 2.59 bits per heavy atom. The maximum absolute atomic E-state index is 5.45. The number of aromatic nitrogens is 3. The lowest BCUT2D eigenvalue weighted by Crippen LogP contribution is -2.10. The van der Waals surface area contributed by atoms with E-state index in [0.29, 0.717) is 17.3 Å². The van der Waals surface area contributed by atoms with Crippen LogP contribution in [0.15, 0.2) is 36.0 Å². The fourth-order valence-corrected chi connectivity index (χ4v) is 4.01. The molecule has 4 rings (SSSR count). The van der Waals surface area contributed by atoms with E-state index in [1.807, 2.05) is 31.5 Å². The first kappa shape index (κ1) is 17.5. The summed E-state index contributed by atoms with van der Waals surface area (Å²) in [6.07, 6.45) is 3.81. The predicted molar refractivity (Wildman–Crippen MR) is 109 cm³/mol. The number of hydrogen-bond acceptors (Lipinski definition) is 7. The van der Waals surface area contributed by atoms with Crippen LogP contribution in [0.4, 0.5) is 5.82 Å². The van der Waals surface area contributed by atoms with Gasteiger partial charge in [0.05, 0.1) is 30.5 Å². The lowest BCUT2D eigenvalue weighted by Gasteiger charge is -2.18. The van der Waals surface area contributed by atoms with Crippen LogP contribution in [0.2, 0.25) is 0 Å². The molecule has 0 spiro atoms. The average molecular weight is 380 g/mol. The number of benzene rings is 1. The summed E-state index contributed by atoms with van der Waals surface area (Å²) in [5.74, 6) is 2.75. The predicted octanol–water partition coefficient (Wildman–Crippen LogP) is 4.74. The van der Waals surface area contributed by atoms with Gasteiger partial charge in [0, 0.05) is 34.8 Å². The van der Waals surface area contributed by atoms with Crippen molar-refractivity contribution in [1.29, 1.82) is 0 Å². The number of anilines is 1.